The van der Waals surface area contributed by atoms with Crippen LogP contribution in [-0.2, 0) is 0 Å². The molecule has 2 heteroatoms. The van der Waals surface area contributed by atoms with E-state index in [9.17, 15) is 0 Å². The molecule has 0 spiro atoms. The largest absolute Gasteiger partial charge is 0.299 e. The van der Waals surface area contributed by atoms with Crippen LogP contribution in [0.2, 0.25) is 0 Å². The van der Waals surface area contributed by atoms with Crippen LogP contribution in [0.1, 0.15) is 0 Å². The first-order valence-electron chi connectivity index (χ1n) is 20.9. The van der Waals surface area contributed by atoms with Gasteiger partial charge in [-0.3, -0.25) is 4.40 Å². The Morgan fingerprint density at radius 1 is 0.279 bits per heavy atom. The number of nitrogens with zero attached hydrogens (tertiary/aromatic N) is 2. The molecule has 0 saturated heterocycles. The van der Waals surface area contributed by atoms with Crippen LogP contribution < -0.4 is 0 Å². The SMILES string of the molecule is c1ccc(-c2nc3cc(-c4ccc(-c5ccc6c(-c7ccc8ccccc8c7)c7ccccc7c(-c7ccc8ccccc8c7)c6c5)cc4)ccn3c2-c2ccccc2)cc1. The highest BCUT2D eigenvalue weighted by Gasteiger charge is 2.19. The van der Waals surface area contributed by atoms with E-state index in [1.54, 1.807) is 0 Å². The maximum absolute atomic E-state index is 5.22. The van der Waals surface area contributed by atoms with Crippen LogP contribution in [0.5, 0.6) is 0 Å². The van der Waals surface area contributed by atoms with E-state index in [4.69, 9.17) is 4.98 Å². The normalized spacial score (nSPS) is 11.6. The molecule has 0 aliphatic carbocycles. The minimum Gasteiger partial charge on any atom is -0.299 e. The van der Waals surface area contributed by atoms with Crippen LogP contribution in [-0.4, -0.2) is 9.38 Å². The van der Waals surface area contributed by atoms with Crippen LogP contribution in [0.15, 0.2) is 231 Å². The molecule has 12 rings (SSSR count). The first-order chi connectivity index (χ1) is 30.2. The van der Waals surface area contributed by atoms with Gasteiger partial charge in [0, 0.05) is 17.3 Å². The van der Waals surface area contributed by atoms with Gasteiger partial charge in [0.2, 0.25) is 0 Å². The number of benzene rings is 10. The van der Waals surface area contributed by atoms with Crippen molar-refractivity contribution in [3.8, 4) is 67.0 Å². The zero-order valence-corrected chi connectivity index (χ0v) is 33.3. The molecule has 10 aromatic carbocycles. The monoisotopic (exact) mass is 774 g/mol. The fraction of sp³-hybridized carbons (Fsp3) is 0. The molecule has 0 aliphatic heterocycles. The lowest BCUT2D eigenvalue weighted by molar-refractivity contribution is 1.19. The molecule has 2 heterocycles. The fourth-order valence-corrected chi connectivity index (χ4v) is 9.42. The van der Waals surface area contributed by atoms with E-state index >= 15 is 0 Å². The minimum atomic E-state index is 0.921. The van der Waals surface area contributed by atoms with Crippen LogP contribution in [0.3, 0.4) is 0 Å². The highest BCUT2D eigenvalue weighted by molar-refractivity contribution is 6.22. The third-order valence-electron chi connectivity index (χ3n) is 12.4. The van der Waals surface area contributed by atoms with Crippen molar-refractivity contribution in [2.75, 3.05) is 0 Å². The number of pyridine rings is 1. The molecular formula is C59H38N2. The van der Waals surface area contributed by atoms with Crippen molar-refractivity contribution < 1.29 is 0 Å². The van der Waals surface area contributed by atoms with Gasteiger partial charge in [-0.15, -0.1) is 0 Å². The fourth-order valence-electron chi connectivity index (χ4n) is 9.42. The molecule has 0 radical (unpaired) electrons. The Morgan fingerprint density at radius 2 is 0.738 bits per heavy atom. The summed E-state index contributed by atoms with van der Waals surface area (Å²) in [5.74, 6) is 0. The quantitative estimate of drug-likeness (QED) is 0.154. The highest BCUT2D eigenvalue weighted by Crippen LogP contribution is 2.46. The van der Waals surface area contributed by atoms with Gasteiger partial charge in [-0.2, -0.15) is 0 Å². The van der Waals surface area contributed by atoms with Crippen molar-refractivity contribution >= 4 is 48.7 Å². The number of hydrogen-bond acceptors (Lipinski definition) is 1. The zero-order chi connectivity index (χ0) is 40.3. The van der Waals surface area contributed by atoms with Gasteiger partial charge in [0.05, 0.1) is 11.4 Å². The van der Waals surface area contributed by atoms with Crippen molar-refractivity contribution in [2.24, 2.45) is 0 Å². The Hall–Kier alpha value is -8.07. The van der Waals surface area contributed by atoms with Gasteiger partial charge in [0.15, 0.2) is 0 Å². The van der Waals surface area contributed by atoms with Gasteiger partial charge in [0.1, 0.15) is 5.65 Å². The summed E-state index contributed by atoms with van der Waals surface area (Å²) in [6.45, 7) is 0. The molecule has 284 valence electrons. The maximum Gasteiger partial charge on any atom is 0.138 e. The number of hydrogen-bond donors (Lipinski definition) is 0. The molecule has 0 fully saturated rings. The summed E-state index contributed by atoms with van der Waals surface area (Å²) < 4.78 is 2.22. The average Bonchev–Trinajstić information content (AvgIpc) is 3.72. The number of aromatic nitrogens is 2. The lowest BCUT2D eigenvalue weighted by Gasteiger charge is -2.19. The van der Waals surface area contributed by atoms with Crippen LogP contribution in [0, 0.1) is 0 Å². The number of rotatable bonds is 6. The summed E-state index contributed by atoms with van der Waals surface area (Å²) in [5.41, 5.74) is 14.9. The van der Waals surface area contributed by atoms with Crippen molar-refractivity contribution in [3.63, 3.8) is 0 Å². The summed E-state index contributed by atoms with van der Waals surface area (Å²) in [6, 6.07) is 81.6. The van der Waals surface area contributed by atoms with E-state index in [-0.39, 0.29) is 0 Å². The Balaban J connectivity index is 1.00. The number of fused-ring (bicyclic) bond motifs is 5. The van der Waals surface area contributed by atoms with Gasteiger partial charge in [-0.1, -0.05) is 194 Å². The Bertz CT molecular complexity index is 3620. The lowest BCUT2D eigenvalue weighted by Crippen LogP contribution is -1.92. The molecule has 12 aromatic rings. The smallest absolute Gasteiger partial charge is 0.138 e. The summed E-state index contributed by atoms with van der Waals surface area (Å²) >= 11 is 0. The minimum absolute atomic E-state index is 0.921. The van der Waals surface area contributed by atoms with Crippen LogP contribution in [0.4, 0.5) is 0 Å². The Kier molecular flexibility index (Phi) is 8.21. The van der Waals surface area contributed by atoms with E-state index in [1.807, 2.05) is 0 Å². The summed E-state index contributed by atoms with van der Waals surface area (Å²) in [4.78, 5) is 5.22. The van der Waals surface area contributed by atoms with E-state index in [2.05, 4.69) is 235 Å². The van der Waals surface area contributed by atoms with E-state index in [0.29, 0.717) is 0 Å². The van der Waals surface area contributed by atoms with Gasteiger partial charge in [-0.05, 0) is 118 Å². The van der Waals surface area contributed by atoms with Crippen molar-refractivity contribution in [1.29, 1.82) is 0 Å². The first kappa shape index (κ1) is 34.9. The molecule has 0 aliphatic rings. The van der Waals surface area contributed by atoms with Crippen LogP contribution >= 0.6 is 0 Å². The molecule has 0 saturated carbocycles. The Morgan fingerprint density at radius 3 is 1.34 bits per heavy atom. The van der Waals surface area contributed by atoms with Crippen molar-refractivity contribution in [3.05, 3.63) is 231 Å². The Labute approximate surface area is 354 Å². The van der Waals surface area contributed by atoms with Crippen LogP contribution in [0.25, 0.3) is 116 Å². The third kappa shape index (κ3) is 6.00. The molecular weight excluding hydrogens is 737 g/mol. The highest BCUT2D eigenvalue weighted by atomic mass is 15.0. The first-order valence-corrected chi connectivity index (χ1v) is 20.9. The molecule has 0 atom stereocenters. The second-order valence-corrected chi connectivity index (χ2v) is 15.9. The van der Waals surface area contributed by atoms with Gasteiger partial charge in [-0.25, -0.2) is 4.98 Å². The van der Waals surface area contributed by atoms with E-state index in [0.717, 1.165) is 39.3 Å². The molecule has 0 N–H and O–H groups in total. The van der Waals surface area contributed by atoms with Crippen molar-refractivity contribution in [1.82, 2.24) is 9.38 Å². The summed E-state index contributed by atoms with van der Waals surface area (Å²) in [7, 11) is 0. The molecule has 61 heavy (non-hydrogen) atoms. The van der Waals surface area contributed by atoms with E-state index < -0.39 is 0 Å². The maximum atomic E-state index is 5.22. The summed E-state index contributed by atoms with van der Waals surface area (Å²) in [6.07, 6.45) is 2.16. The van der Waals surface area contributed by atoms with Gasteiger partial charge < -0.3 is 0 Å². The number of imidazole rings is 1. The molecule has 0 unspecified atom stereocenters. The zero-order valence-electron chi connectivity index (χ0n) is 33.3. The molecule has 0 amide bonds. The molecule has 2 aromatic heterocycles. The molecule has 0 bridgehead atoms. The van der Waals surface area contributed by atoms with Crippen molar-refractivity contribution in [2.45, 2.75) is 0 Å². The lowest BCUT2D eigenvalue weighted by atomic mass is 9.84. The summed E-state index contributed by atoms with van der Waals surface area (Å²) in [5, 5.41) is 9.97. The van der Waals surface area contributed by atoms with Gasteiger partial charge >= 0.3 is 0 Å². The second kappa shape index (κ2) is 14.3. The predicted molar refractivity (Wildman–Crippen MR) is 258 cm³/mol. The topological polar surface area (TPSA) is 17.3 Å². The predicted octanol–water partition coefficient (Wildman–Crippen LogP) is 15.9. The second-order valence-electron chi connectivity index (χ2n) is 15.9. The van der Waals surface area contributed by atoms with Gasteiger partial charge in [0.25, 0.3) is 0 Å². The standard InChI is InChI=1S/C59H38N2/c1-3-15-43(16-4-1)58-59(44-17-5-2-6-18-44)61-34-33-48(38-55(61)60-58)42-25-23-41(24-26-42)47-31-32-53-54(37-47)57(50-30-28-40-14-8-10-20-46(40)36-50)52-22-12-11-21-51(52)56(53)49-29-27-39-13-7-9-19-45(39)35-49/h1-38H. The molecule has 2 nitrogen and oxygen atoms in total. The van der Waals surface area contributed by atoms with E-state index in [1.165, 1.54) is 76.5 Å². The average molecular weight is 775 g/mol. The third-order valence-corrected chi connectivity index (χ3v) is 12.4.